The highest BCUT2D eigenvalue weighted by molar-refractivity contribution is 5.71. The first-order valence-electron chi connectivity index (χ1n) is 32.8. The summed E-state index contributed by atoms with van der Waals surface area (Å²) in [6.45, 7) is 6.49. The van der Waals surface area contributed by atoms with Gasteiger partial charge in [-0.05, 0) is 57.8 Å². The zero-order valence-corrected chi connectivity index (χ0v) is 50.1. The second-order valence-corrected chi connectivity index (χ2v) is 22.0. The molecule has 0 aromatic heterocycles. The lowest BCUT2D eigenvalue weighted by molar-refractivity contribution is -0.167. The number of rotatable bonds is 60. The SMILES string of the molecule is CC/C=C\C/C=C\C/C=C\C/C=C\C/C=C\CCCC(=O)OC(COC(=O)CCCCCCCCCC)COC(=O)CCCCCCCCCCCCCCCCCCCCCCCCCCCCCCCCCC. The number of carbonyl (C=O) groups excluding carboxylic acids is 3. The van der Waals surface area contributed by atoms with Crippen molar-refractivity contribution in [1.29, 1.82) is 0 Å². The van der Waals surface area contributed by atoms with Crippen LogP contribution in [0.4, 0.5) is 0 Å². The molecular weight excluding hydrogens is 925 g/mol. The van der Waals surface area contributed by atoms with Gasteiger partial charge < -0.3 is 14.2 Å². The van der Waals surface area contributed by atoms with Crippen LogP contribution in [0.2, 0.25) is 0 Å². The zero-order valence-electron chi connectivity index (χ0n) is 50.1. The predicted octanol–water partition coefficient (Wildman–Crippen LogP) is 22.3. The molecule has 0 aliphatic rings. The molecule has 0 aromatic carbocycles. The molecule has 0 bridgehead atoms. The molecule has 0 saturated carbocycles. The van der Waals surface area contributed by atoms with Crippen LogP contribution in [0.1, 0.15) is 342 Å². The third-order valence-electron chi connectivity index (χ3n) is 14.5. The molecule has 6 heteroatoms. The van der Waals surface area contributed by atoms with Crippen molar-refractivity contribution in [2.24, 2.45) is 0 Å². The Balaban J connectivity index is 4.05. The molecule has 0 rings (SSSR count). The summed E-state index contributed by atoms with van der Waals surface area (Å²) in [6.07, 6.45) is 81.5. The second-order valence-electron chi connectivity index (χ2n) is 22.0. The summed E-state index contributed by atoms with van der Waals surface area (Å²) in [6, 6.07) is 0. The van der Waals surface area contributed by atoms with Crippen molar-refractivity contribution in [3.63, 3.8) is 0 Å². The van der Waals surface area contributed by atoms with E-state index in [0.717, 1.165) is 77.0 Å². The fourth-order valence-electron chi connectivity index (χ4n) is 9.66. The van der Waals surface area contributed by atoms with E-state index in [0.29, 0.717) is 19.3 Å². The third-order valence-corrected chi connectivity index (χ3v) is 14.5. The molecule has 0 radical (unpaired) electrons. The number of hydrogen-bond acceptors (Lipinski definition) is 6. The summed E-state index contributed by atoms with van der Waals surface area (Å²) in [7, 11) is 0. The Kier molecular flexibility index (Phi) is 61.2. The van der Waals surface area contributed by atoms with E-state index in [9.17, 15) is 14.4 Å². The molecule has 0 heterocycles. The second kappa shape index (κ2) is 63.6. The van der Waals surface area contributed by atoms with Gasteiger partial charge in [-0.15, -0.1) is 0 Å². The summed E-state index contributed by atoms with van der Waals surface area (Å²) >= 11 is 0. The maximum absolute atomic E-state index is 12.8. The first-order chi connectivity index (χ1) is 37.0. The van der Waals surface area contributed by atoms with Crippen LogP contribution in [0.3, 0.4) is 0 Å². The fourth-order valence-corrected chi connectivity index (χ4v) is 9.66. The highest BCUT2D eigenvalue weighted by Gasteiger charge is 2.19. The van der Waals surface area contributed by atoms with Gasteiger partial charge in [0.1, 0.15) is 13.2 Å². The molecule has 0 spiro atoms. The minimum atomic E-state index is -0.800. The largest absolute Gasteiger partial charge is 0.462 e. The van der Waals surface area contributed by atoms with E-state index in [-0.39, 0.29) is 37.5 Å². The van der Waals surface area contributed by atoms with Crippen LogP contribution in [0.15, 0.2) is 60.8 Å². The molecule has 6 nitrogen and oxygen atoms in total. The Bertz CT molecular complexity index is 1340. The number of esters is 3. The minimum Gasteiger partial charge on any atom is -0.462 e. The molecule has 0 aliphatic carbocycles. The average Bonchev–Trinajstić information content (AvgIpc) is 3.41. The number of allylic oxidation sites excluding steroid dienone is 10. The van der Waals surface area contributed by atoms with Crippen LogP contribution in [-0.4, -0.2) is 37.2 Å². The predicted molar refractivity (Wildman–Crippen MR) is 325 cm³/mol. The van der Waals surface area contributed by atoms with Crippen molar-refractivity contribution in [1.82, 2.24) is 0 Å². The van der Waals surface area contributed by atoms with E-state index in [1.807, 2.05) is 0 Å². The molecule has 0 fully saturated rings. The number of ether oxygens (including phenoxy) is 3. The van der Waals surface area contributed by atoms with E-state index >= 15 is 0 Å². The summed E-state index contributed by atoms with van der Waals surface area (Å²) in [5.74, 6) is -0.942. The lowest BCUT2D eigenvalue weighted by atomic mass is 10.0. The van der Waals surface area contributed by atoms with E-state index in [1.54, 1.807) is 0 Å². The molecule has 0 N–H and O–H groups in total. The first-order valence-corrected chi connectivity index (χ1v) is 32.8. The van der Waals surface area contributed by atoms with E-state index in [1.165, 1.54) is 218 Å². The maximum Gasteiger partial charge on any atom is 0.306 e. The molecular formula is C69H124O6. The highest BCUT2D eigenvalue weighted by atomic mass is 16.6. The Morgan fingerprint density at radius 3 is 0.800 bits per heavy atom. The molecule has 75 heavy (non-hydrogen) atoms. The molecule has 0 aromatic rings. The Morgan fingerprint density at radius 1 is 0.280 bits per heavy atom. The Labute approximate surface area is 466 Å². The van der Waals surface area contributed by atoms with Crippen LogP contribution in [0.25, 0.3) is 0 Å². The van der Waals surface area contributed by atoms with Crippen molar-refractivity contribution in [3.8, 4) is 0 Å². The zero-order chi connectivity index (χ0) is 54.3. The normalized spacial score (nSPS) is 12.4. The standard InChI is InChI=1S/C69H124O6/c1-4-7-10-13-16-19-21-23-25-27-28-29-30-31-32-33-34-35-36-37-38-39-40-41-43-44-46-48-50-53-56-59-62-68(71)74-65-66(64-73-67(70)61-58-55-52-18-15-12-9-6-3)75-69(72)63-60-57-54-51-49-47-45-42-26-24-22-20-17-14-11-8-5-2/h8,11,17,20,24,26,45,47,51,54,66H,4-7,9-10,12-16,18-19,21-23,25,27-44,46,48-50,52-53,55-65H2,1-3H3/b11-8-,20-17-,26-24-,47-45-,54-51-. The third kappa shape index (κ3) is 61.8. The molecule has 0 amide bonds. The Hall–Kier alpha value is -2.89. The molecule has 1 atom stereocenters. The van der Waals surface area contributed by atoms with Gasteiger partial charge in [-0.1, -0.05) is 326 Å². The maximum atomic E-state index is 12.8. The fraction of sp³-hybridized carbons (Fsp3) is 0.812. The molecule has 0 aliphatic heterocycles. The van der Waals surface area contributed by atoms with Gasteiger partial charge >= 0.3 is 17.9 Å². The topological polar surface area (TPSA) is 78.9 Å². The average molecular weight is 1050 g/mol. The summed E-state index contributed by atoms with van der Waals surface area (Å²) in [5.41, 5.74) is 0. The van der Waals surface area contributed by atoms with Gasteiger partial charge in [0.15, 0.2) is 6.10 Å². The monoisotopic (exact) mass is 1050 g/mol. The molecule has 436 valence electrons. The minimum absolute atomic E-state index is 0.0932. The van der Waals surface area contributed by atoms with Crippen LogP contribution < -0.4 is 0 Å². The Morgan fingerprint density at radius 2 is 0.520 bits per heavy atom. The van der Waals surface area contributed by atoms with Crippen molar-refractivity contribution in [2.45, 2.75) is 348 Å². The quantitative estimate of drug-likeness (QED) is 0.0261. The lowest BCUT2D eigenvalue weighted by Crippen LogP contribution is -2.30. The van der Waals surface area contributed by atoms with Gasteiger partial charge in [-0.3, -0.25) is 14.4 Å². The summed E-state index contributed by atoms with van der Waals surface area (Å²) in [4.78, 5) is 38.0. The number of hydrogen-bond donors (Lipinski definition) is 0. The summed E-state index contributed by atoms with van der Waals surface area (Å²) < 4.78 is 16.8. The van der Waals surface area contributed by atoms with Gasteiger partial charge in [0.25, 0.3) is 0 Å². The van der Waals surface area contributed by atoms with Crippen molar-refractivity contribution in [2.75, 3.05) is 13.2 Å². The number of unbranched alkanes of at least 4 members (excludes halogenated alkanes) is 39. The lowest BCUT2D eigenvalue weighted by Gasteiger charge is -2.18. The summed E-state index contributed by atoms with van der Waals surface area (Å²) in [5, 5.41) is 0. The van der Waals surface area contributed by atoms with E-state index in [2.05, 4.69) is 81.5 Å². The smallest absolute Gasteiger partial charge is 0.306 e. The van der Waals surface area contributed by atoms with Crippen molar-refractivity contribution < 1.29 is 28.6 Å². The van der Waals surface area contributed by atoms with Gasteiger partial charge in [-0.25, -0.2) is 0 Å². The molecule has 1 unspecified atom stereocenters. The van der Waals surface area contributed by atoms with E-state index < -0.39 is 6.10 Å². The van der Waals surface area contributed by atoms with Crippen LogP contribution in [0, 0.1) is 0 Å². The van der Waals surface area contributed by atoms with Crippen molar-refractivity contribution >= 4 is 17.9 Å². The van der Waals surface area contributed by atoms with Gasteiger partial charge in [-0.2, -0.15) is 0 Å². The van der Waals surface area contributed by atoms with E-state index in [4.69, 9.17) is 14.2 Å². The highest BCUT2D eigenvalue weighted by Crippen LogP contribution is 2.18. The van der Waals surface area contributed by atoms with Crippen molar-refractivity contribution in [3.05, 3.63) is 60.8 Å². The van der Waals surface area contributed by atoms with Gasteiger partial charge in [0.05, 0.1) is 0 Å². The molecule has 0 saturated heterocycles. The number of carbonyl (C=O) groups is 3. The van der Waals surface area contributed by atoms with Gasteiger partial charge in [0.2, 0.25) is 0 Å². The van der Waals surface area contributed by atoms with Crippen LogP contribution >= 0.6 is 0 Å². The van der Waals surface area contributed by atoms with Crippen LogP contribution in [-0.2, 0) is 28.6 Å². The van der Waals surface area contributed by atoms with Gasteiger partial charge in [0, 0.05) is 19.3 Å². The first kappa shape index (κ1) is 72.1. The van der Waals surface area contributed by atoms with Crippen LogP contribution in [0.5, 0.6) is 0 Å².